The number of hydrogen-bond donors (Lipinski definition) is 3. The molecule has 6 heteroatoms. The summed E-state index contributed by atoms with van der Waals surface area (Å²) in [6.45, 7) is 0.125. The predicted octanol–water partition coefficient (Wildman–Crippen LogP) is 4.32. The number of amides is 2. The molecule has 3 N–H and O–H groups in total. The van der Waals surface area contributed by atoms with Gasteiger partial charge in [0.2, 0.25) is 11.8 Å². The second-order valence-electron chi connectivity index (χ2n) is 6.74. The number of anilines is 3. The topological polar surface area (TPSA) is 79.5 Å². The summed E-state index contributed by atoms with van der Waals surface area (Å²) < 4.78 is 5.15. The molecule has 0 saturated carbocycles. The molecule has 0 radical (unpaired) electrons. The molecule has 0 aliphatic carbocycles. The maximum absolute atomic E-state index is 12.1. The molecule has 2 amide bonds. The van der Waals surface area contributed by atoms with Crippen molar-refractivity contribution in [2.24, 2.45) is 0 Å². The van der Waals surface area contributed by atoms with Crippen LogP contribution in [0.3, 0.4) is 0 Å². The van der Waals surface area contributed by atoms with Crippen LogP contribution in [0.2, 0.25) is 0 Å². The first-order chi connectivity index (χ1) is 14.6. The molecule has 154 valence electrons. The van der Waals surface area contributed by atoms with Gasteiger partial charge in [0, 0.05) is 29.5 Å². The van der Waals surface area contributed by atoms with Crippen molar-refractivity contribution < 1.29 is 14.3 Å². The second kappa shape index (κ2) is 10.7. The van der Waals surface area contributed by atoms with Crippen molar-refractivity contribution in [1.82, 2.24) is 0 Å². The molecule has 0 spiro atoms. The molecule has 3 aromatic carbocycles. The zero-order valence-corrected chi connectivity index (χ0v) is 16.9. The summed E-state index contributed by atoms with van der Waals surface area (Å²) in [7, 11) is 1.58. The molecule has 0 bridgehead atoms. The lowest BCUT2D eigenvalue weighted by Crippen LogP contribution is -2.21. The Morgan fingerprint density at radius 2 is 1.47 bits per heavy atom. The summed E-state index contributed by atoms with van der Waals surface area (Å²) in [6, 6.07) is 24.4. The van der Waals surface area contributed by atoms with Gasteiger partial charge in [-0.15, -0.1) is 0 Å². The van der Waals surface area contributed by atoms with E-state index in [2.05, 4.69) is 16.0 Å². The van der Waals surface area contributed by atoms with Gasteiger partial charge in [0.05, 0.1) is 13.7 Å². The Hall–Kier alpha value is -3.80. The number of benzene rings is 3. The highest BCUT2D eigenvalue weighted by Gasteiger charge is 2.05. The van der Waals surface area contributed by atoms with Crippen molar-refractivity contribution in [2.45, 2.75) is 12.8 Å². The molecule has 6 nitrogen and oxygen atoms in total. The minimum absolute atomic E-state index is 0.0303. The van der Waals surface area contributed by atoms with Crippen LogP contribution in [0.15, 0.2) is 78.9 Å². The van der Waals surface area contributed by atoms with E-state index in [-0.39, 0.29) is 18.4 Å². The first kappa shape index (κ1) is 20.9. The van der Waals surface area contributed by atoms with E-state index in [4.69, 9.17) is 4.74 Å². The maximum atomic E-state index is 12.1. The van der Waals surface area contributed by atoms with Gasteiger partial charge < -0.3 is 20.7 Å². The van der Waals surface area contributed by atoms with Gasteiger partial charge in [0.25, 0.3) is 0 Å². The van der Waals surface area contributed by atoms with Crippen LogP contribution in [-0.4, -0.2) is 25.5 Å². The number of rotatable bonds is 9. The van der Waals surface area contributed by atoms with Crippen molar-refractivity contribution in [3.8, 4) is 5.75 Å². The quantitative estimate of drug-likeness (QED) is 0.497. The molecular weight excluding hydrogens is 378 g/mol. The summed E-state index contributed by atoms with van der Waals surface area (Å²) in [5.41, 5.74) is 3.33. The first-order valence-electron chi connectivity index (χ1n) is 9.74. The fourth-order valence-corrected chi connectivity index (χ4v) is 2.89. The first-order valence-corrected chi connectivity index (χ1v) is 9.74. The van der Waals surface area contributed by atoms with Crippen LogP contribution in [0, 0.1) is 0 Å². The molecule has 0 fully saturated rings. The summed E-state index contributed by atoms with van der Waals surface area (Å²) >= 11 is 0. The molecular formula is C24H25N3O3. The van der Waals surface area contributed by atoms with Crippen LogP contribution in [0.4, 0.5) is 17.1 Å². The van der Waals surface area contributed by atoms with Crippen molar-refractivity contribution in [2.75, 3.05) is 29.6 Å². The van der Waals surface area contributed by atoms with E-state index >= 15 is 0 Å². The average molecular weight is 403 g/mol. The maximum Gasteiger partial charge on any atom is 0.243 e. The third kappa shape index (κ3) is 6.67. The fourth-order valence-electron chi connectivity index (χ4n) is 2.89. The van der Waals surface area contributed by atoms with Crippen LogP contribution in [0.1, 0.15) is 12.0 Å². The Bertz CT molecular complexity index is 973. The molecule has 0 heterocycles. The summed E-state index contributed by atoms with van der Waals surface area (Å²) in [5.74, 6) is 0.487. The van der Waals surface area contributed by atoms with E-state index in [0.29, 0.717) is 24.3 Å². The Morgan fingerprint density at radius 1 is 0.767 bits per heavy atom. The monoisotopic (exact) mass is 403 g/mol. The molecule has 0 aliphatic rings. The Kier molecular flexibility index (Phi) is 7.44. The minimum atomic E-state index is -0.165. The van der Waals surface area contributed by atoms with Gasteiger partial charge >= 0.3 is 0 Å². The van der Waals surface area contributed by atoms with Gasteiger partial charge in [-0.3, -0.25) is 9.59 Å². The third-order valence-electron chi connectivity index (χ3n) is 4.46. The van der Waals surface area contributed by atoms with Gasteiger partial charge in [0.15, 0.2) is 0 Å². The van der Waals surface area contributed by atoms with E-state index in [1.165, 1.54) is 0 Å². The van der Waals surface area contributed by atoms with Crippen LogP contribution >= 0.6 is 0 Å². The van der Waals surface area contributed by atoms with Gasteiger partial charge in [-0.05, 0) is 48.4 Å². The van der Waals surface area contributed by atoms with Crippen molar-refractivity contribution >= 4 is 28.9 Å². The highest BCUT2D eigenvalue weighted by Crippen LogP contribution is 2.17. The van der Waals surface area contributed by atoms with Crippen LogP contribution in [-0.2, 0) is 16.0 Å². The number of nitrogens with one attached hydrogen (secondary N) is 3. The smallest absolute Gasteiger partial charge is 0.243 e. The van der Waals surface area contributed by atoms with E-state index in [0.717, 1.165) is 16.9 Å². The molecule has 3 rings (SSSR count). The van der Waals surface area contributed by atoms with Gasteiger partial charge in [-0.2, -0.15) is 0 Å². The SMILES string of the molecule is COc1cccc(NC(=O)CNc2ccc(NC(=O)CCc3ccccc3)cc2)c1. The Labute approximate surface area is 176 Å². The van der Waals surface area contributed by atoms with E-state index in [1.54, 1.807) is 19.2 Å². The van der Waals surface area contributed by atoms with Gasteiger partial charge in [-0.25, -0.2) is 0 Å². The summed E-state index contributed by atoms with van der Waals surface area (Å²) in [4.78, 5) is 24.2. The number of carbonyl (C=O) groups excluding carboxylic acids is 2. The number of aryl methyl sites for hydroxylation is 1. The zero-order chi connectivity index (χ0) is 21.2. The van der Waals surface area contributed by atoms with Gasteiger partial charge in [-0.1, -0.05) is 36.4 Å². The molecule has 0 atom stereocenters. The molecule has 30 heavy (non-hydrogen) atoms. The molecule has 0 unspecified atom stereocenters. The lowest BCUT2D eigenvalue weighted by molar-refractivity contribution is -0.116. The lowest BCUT2D eigenvalue weighted by Gasteiger charge is -2.10. The average Bonchev–Trinajstić information content (AvgIpc) is 2.78. The Balaban J connectivity index is 1.42. The summed E-state index contributed by atoms with van der Waals surface area (Å²) in [5, 5.41) is 8.77. The molecule has 3 aromatic rings. The highest BCUT2D eigenvalue weighted by atomic mass is 16.5. The number of ether oxygens (including phenoxy) is 1. The normalized spacial score (nSPS) is 10.2. The van der Waals surface area contributed by atoms with Crippen LogP contribution in [0.25, 0.3) is 0 Å². The van der Waals surface area contributed by atoms with E-state index in [9.17, 15) is 9.59 Å². The van der Waals surface area contributed by atoms with Gasteiger partial charge in [0.1, 0.15) is 5.75 Å². The molecule has 0 aromatic heterocycles. The zero-order valence-electron chi connectivity index (χ0n) is 16.9. The fraction of sp³-hybridized carbons (Fsp3) is 0.167. The van der Waals surface area contributed by atoms with E-state index < -0.39 is 0 Å². The standard InChI is InChI=1S/C24H25N3O3/c1-30-22-9-5-8-21(16-22)27-24(29)17-25-19-11-13-20(14-12-19)26-23(28)15-10-18-6-3-2-4-7-18/h2-9,11-14,16,25H,10,15,17H2,1H3,(H,26,28)(H,27,29). The largest absolute Gasteiger partial charge is 0.497 e. The summed E-state index contributed by atoms with van der Waals surface area (Å²) in [6.07, 6.45) is 1.13. The second-order valence-corrected chi connectivity index (χ2v) is 6.74. The van der Waals surface area contributed by atoms with Crippen molar-refractivity contribution in [3.63, 3.8) is 0 Å². The van der Waals surface area contributed by atoms with E-state index in [1.807, 2.05) is 66.7 Å². The number of hydrogen-bond acceptors (Lipinski definition) is 4. The Morgan fingerprint density at radius 3 is 2.20 bits per heavy atom. The lowest BCUT2D eigenvalue weighted by atomic mass is 10.1. The highest BCUT2D eigenvalue weighted by molar-refractivity contribution is 5.94. The predicted molar refractivity (Wildman–Crippen MR) is 120 cm³/mol. The van der Waals surface area contributed by atoms with Crippen molar-refractivity contribution in [3.05, 3.63) is 84.4 Å². The number of methoxy groups -OCH3 is 1. The van der Waals surface area contributed by atoms with Crippen LogP contribution in [0.5, 0.6) is 5.75 Å². The van der Waals surface area contributed by atoms with Crippen molar-refractivity contribution in [1.29, 1.82) is 0 Å². The number of carbonyl (C=O) groups is 2. The molecule has 0 aliphatic heterocycles. The van der Waals surface area contributed by atoms with Crippen LogP contribution < -0.4 is 20.7 Å². The molecule has 0 saturated heterocycles. The third-order valence-corrected chi connectivity index (χ3v) is 4.46. The minimum Gasteiger partial charge on any atom is -0.497 e.